The normalized spacial score (nSPS) is 11.1. The van der Waals surface area contributed by atoms with E-state index in [4.69, 9.17) is 12.2 Å². The van der Waals surface area contributed by atoms with Gasteiger partial charge in [-0.05, 0) is 37.5 Å². The Hall–Kier alpha value is -1.51. The second-order valence-corrected chi connectivity index (χ2v) is 5.84. The average Bonchev–Trinajstić information content (AvgIpc) is 2.32. The van der Waals surface area contributed by atoms with Crippen LogP contribution >= 0.6 is 0 Å². The van der Waals surface area contributed by atoms with E-state index in [9.17, 15) is 8.42 Å². The molecule has 0 atom stereocenters. The molecule has 3 N–H and O–H groups in total. The molecule has 1 rings (SSSR count). The van der Waals surface area contributed by atoms with Gasteiger partial charge in [-0.3, -0.25) is 0 Å². The summed E-state index contributed by atoms with van der Waals surface area (Å²) in [7, 11) is -3.47. The molecule has 0 aliphatic carbocycles. The number of unbranched alkanes of at least 4 members (excludes halogenated alkanes) is 2. The number of terminal acetylenes is 1. The lowest BCUT2D eigenvalue weighted by Gasteiger charge is -2.08. The number of nitrogens with one attached hydrogen (secondary N) is 1. The molecular formula is C13H18N2O2S. The maximum absolute atomic E-state index is 11.9. The first-order chi connectivity index (χ1) is 8.47. The molecule has 5 heteroatoms. The summed E-state index contributed by atoms with van der Waals surface area (Å²) in [6, 6.07) is 4.72. The fourth-order valence-corrected chi connectivity index (χ4v) is 2.54. The maximum Gasteiger partial charge on any atom is 0.240 e. The molecule has 4 nitrogen and oxygen atoms in total. The van der Waals surface area contributed by atoms with Crippen molar-refractivity contribution in [3.8, 4) is 12.3 Å². The number of hydrogen-bond donors (Lipinski definition) is 2. The SMILES string of the molecule is C#CCCCCNS(=O)(=O)c1ccc(C)c(N)c1. The third-order valence-electron chi connectivity index (χ3n) is 2.60. The molecule has 0 aliphatic rings. The summed E-state index contributed by atoms with van der Waals surface area (Å²) in [5, 5.41) is 0. The Morgan fingerprint density at radius 2 is 2.11 bits per heavy atom. The van der Waals surface area contributed by atoms with Crippen LogP contribution in [-0.4, -0.2) is 15.0 Å². The van der Waals surface area contributed by atoms with E-state index >= 15 is 0 Å². The molecule has 0 amide bonds. The maximum atomic E-state index is 11.9. The van der Waals surface area contributed by atoms with Crippen LogP contribution in [0.25, 0.3) is 0 Å². The van der Waals surface area contributed by atoms with Gasteiger partial charge in [-0.15, -0.1) is 12.3 Å². The lowest BCUT2D eigenvalue weighted by molar-refractivity contribution is 0.577. The molecule has 0 aliphatic heterocycles. The number of sulfonamides is 1. The van der Waals surface area contributed by atoms with Crippen LogP contribution in [0.2, 0.25) is 0 Å². The van der Waals surface area contributed by atoms with Crippen molar-refractivity contribution in [1.82, 2.24) is 4.72 Å². The molecule has 0 radical (unpaired) electrons. The van der Waals surface area contributed by atoms with Crippen molar-refractivity contribution in [3.05, 3.63) is 23.8 Å². The summed E-state index contributed by atoms with van der Waals surface area (Å²) >= 11 is 0. The Bertz CT molecular complexity index is 545. The van der Waals surface area contributed by atoms with Crippen molar-refractivity contribution in [2.75, 3.05) is 12.3 Å². The highest BCUT2D eigenvalue weighted by molar-refractivity contribution is 7.89. The standard InChI is InChI=1S/C13H18N2O2S/c1-3-4-5-6-9-15-18(16,17)12-8-7-11(2)13(14)10-12/h1,7-8,10,15H,4-6,9,14H2,2H3. The van der Waals surface area contributed by atoms with Gasteiger partial charge in [0.1, 0.15) is 0 Å². The van der Waals surface area contributed by atoms with Crippen molar-refractivity contribution in [1.29, 1.82) is 0 Å². The van der Waals surface area contributed by atoms with E-state index in [1.54, 1.807) is 12.1 Å². The van der Waals surface area contributed by atoms with Crippen molar-refractivity contribution in [3.63, 3.8) is 0 Å². The van der Waals surface area contributed by atoms with Crippen molar-refractivity contribution in [2.24, 2.45) is 0 Å². The lowest BCUT2D eigenvalue weighted by Crippen LogP contribution is -2.24. The molecule has 98 valence electrons. The fraction of sp³-hybridized carbons (Fsp3) is 0.385. The lowest BCUT2D eigenvalue weighted by atomic mass is 10.2. The molecule has 0 aromatic heterocycles. The van der Waals surface area contributed by atoms with Crippen LogP contribution in [0.4, 0.5) is 5.69 Å². The molecule has 0 fully saturated rings. The first-order valence-electron chi connectivity index (χ1n) is 5.76. The Kier molecular flexibility index (Phi) is 5.20. The van der Waals surface area contributed by atoms with Crippen LogP contribution in [0.3, 0.4) is 0 Å². The predicted octanol–water partition coefficient (Wildman–Crippen LogP) is 1.66. The highest BCUT2D eigenvalue weighted by Crippen LogP contribution is 2.16. The van der Waals surface area contributed by atoms with Gasteiger partial charge in [0.15, 0.2) is 0 Å². The topological polar surface area (TPSA) is 72.2 Å². The first-order valence-corrected chi connectivity index (χ1v) is 7.25. The molecule has 0 bridgehead atoms. The summed E-state index contributed by atoms with van der Waals surface area (Å²) in [5.41, 5.74) is 7.04. The minimum absolute atomic E-state index is 0.197. The number of aryl methyl sites for hydroxylation is 1. The van der Waals surface area contributed by atoms with E-state index in [0.29, 0.717) is 18.7 Å². The molecule has 0 spiro atoms. The Balaban J connectivity index is 2.63. The monoisotopic (exact) mass is 266 g/mol. The summed E-state index contributed by atoms with van der Waals surface area (Å²) in [6.07, 6.45) is 7.32. The largest absolute Gasteiger partial charge is 0.398 e. The number of nitrogens with two attached hydrogens (primary N) is 1. The zero-order chi connectivity index (χ0) is 13.6. The van der Waals surface area contributed by atoms with E-state index < -0.39 is 10.0 Å². The Labute approximate surface area is 109 Å². The summed E-state index contributed by atoms with van der Waals surface area (Å²) < 4.78 is 26.4. The molecule has 1 aromatic carbocycles. The van der Waals surface area contributed by atoms with Gasteiger partial charge >= 0.3 is 0 Å². The summed E-state index contributed by atoms with van der Waals surface area (Å²) in [4.78, 5) is 0.197. The zero-order valence-electron chi connectivity index (χ0n) is 10.4. The van der Waals surface area contributed by atoms with Gasteiger partial charge in [0.2, 0.25) is 10.0 Å². The molecule has 18 heavy (non-hydrogen) atoms. The third kappa shape index (κ3) is 4.06. The molecule has 0 unspecified atom stereocenters. The molecule has 0 saturated carbocycles. The van der Waals surface area contributed by atoms with Crippen molar-refractivity contribution in [2.45, 2.75) is 31.1 Å². The van der Waals surface area contributed by atoms with Crippen LogP contribution in [0.5, 0.6) is 0 Å². The predicted molar refractivity (Wildman–Crippen MR) is 73.5 cm³/mol. The quantitative estimate of drug-likeness (QED) is 0.467. The number of rotatable bonds is 6. The Morgan fingerprint density at radius 1 is 1.39 bits per heavy atom. The van der Waals surface area contributed by atoms with Gasteiger partial charge < -0.3 is 5.73 Å². The van der Waals surface area contributed by atoms with Crippen LogP contribution in [0.1, 0.15) is 24.8 Å². The van der Waals surface area contributed by atoms with Crippen LogP contribution in [0.15, 0.2) is 23.1 Å². The van der Waals surface area contributed by atoms with Gasteiger partial charge in [0.05, 0.1) is 4.90 Å². The van der Waals surface area contributed by atoms with Crippen molar-refractivity contribution < 1.29 is 8.42 Å². The van der Waals surface area contributed by atoms with Crippen molar-refractivity contribution >= 4 is 15.7 Å². The third-order valence-corrected chi connectivity index (χ3v) is 4.06. The average molecular weight is 266 g/mol. The van der Waals surface area contributed by atoms with Gasteiger partial charge in [-0.2, -0.15) is 0 Å². The van der Waals surface area contributed by atoms with Crippen LogP contribution in [0, 0.1) is 19.3 Å². The molecular weight excluding hydrogens is 248 g/mol. The number of benzene rings is 1. The van der Waals surface area contributed by atoms with E-state index in [-0.39, 0.29) is 4.90 Å². The second-order valence-electron chi connectivity index (χ2n) is 4.08. The van der Waals surface area contributed by atoms with Gasteiger partial charge in [0.25, 0.3) is 0 Å². The highest BCUT2D eigenvalue weighted by atomic mass is 32.2. The molecule has 0 saturated heterocycles. The zero-order valence-corrected chi connectivity index (χ0v) is 11.3. The number of nitrogen functional groups attached to an aromatic ring is 1. The summed E-state index contributed by atoms with van der Waals surface area (Å²) in [6.45, 7) is 2.22. The second kappa shape index (κ2) is 6.43. The minimum atomic E-state index is -3.47. The first kappa shape index (κ1) is 14.6. The van der Waals surface area contributed by atoms with Gasteiger partial charge in [-0.25, -0.2) is 13.1 Å². The smallest absolute Gasteiger partial charge is 0.240 e. The van der Waals surface area contributed by atoms with Gasteiger partial charge in [0, 0.05) is 18.7 Å². The van der Waals surface area contributed by atoms with Gasteiger partial charge in [-0.1, -0.05) is 6.07 Å². The number of hydrogen-bond acceptors (Lipinski definition) is 3. The fourth-order valence-electron chi connectivity index (χ4n) is 1.43. The Morgan fingerprint density at radius 3 is 2.72 bits per heavy atom. The van der Waals surface area contributed by atoms with E-state index in [1.165, 1.54) is 6.07 Å². The molecule has 1 aromatic rings. The van der Waals surface area contributed by atoms with E-state index in [2.05, 4.69) is 10.6 Å². The van der Waals surface area contributed by atoms with E-state index in [1.807, 2.05) is 6.92 Å². The minimum Gasteiger partial charge on any atom is -0.398 e. The van der Waals surface area contributed by atoms with E-state index in [0.717, 1.165) is 18.4 Å². The summed E-state index contributed by atoms with van der Waals surface area (Å²) in [5.74, 6) is 2.52. The number of anilines is 1. The van der Waals surface area contributed by atoms with Crippen LogP contribution < -0.4 is 10.5 Å². The highest BCUT2D eigenvalue weighted by Gasteiger charge is 2.13. The molecule has 0 heterocycles. The van der Waals surface area contributed by atoms with Crippen LogP contribution in [-0.2, 0) is 10.0 Å².